The van der Waals surface area contributed by atoms with Crippen molar-refractivity contribution in [3.63, 3.8) is 0 Å². The molecule has 2 aromatic carbocycles. The third-order valence-corrected chi connectivity index (χ3v) is 7.28. The zero-order valence-corrected chi connectivity index (χ0v) is 18.5. The van der Waals surface area contributed by atoms with E-state index < -0.39 is 29.8 Å². The van der Waals surface area contributed by atoms with Gasteiger partial charge >= 0.3 is 0 Å². The monoisotopic (exact) mass is 468 g/mol. The van der Waals surface area contributed by atoms with E-state index in [1.807, 2.05) is 41.4 Å². The van der Waals surface area contributed by atoms with Crippen LogP contribution in [0.15, 0.2) is 71.5 Å². The molecule has 2 saturated heterocycles. The van der Waals surface area contributed by atoms with Crippen molar-refractivity contribution in [2.45, 2.75) is 12.1 Å². The molecule has 0 radical (unpaired) electrons. The second-order valence-corrected chi connectivity index (χ2v) is 9.01. The van der Waals surface area contributed by atoms with Crippen LogP contribution in [-0.2, 0) is 9.59 Å². The van der Waals surface area contributed by atoms with E-state index in [0.29, 0.717) is 30.4 Å². The molecule has 0 N–H and O–H groups in total. The molecule has 2 amide bonds. The minimum atomic E-state index is -0.862. The first-order chi connectivity index (χ1) is 17.1. The number of ether oxygens (including phenoxy) is 2. The SMILES string of the molecule is O=C(c1ccco1)[C@@H]1[C@@H]2C(=O)N(c3ccc4c(c3)OCCO4)C(=O)[C@H]2[C@@H]2c3ccccc3C=CN12. The van der Waals surface area contributed by atoms with Gasteiger partial charge in [0.25, 0.3) is 0 Å². The van der Waals surface area contributed by atoms with Crippen LogP contribution in [0.5, 0.6) is 11.5 Å². The van der Waals surface area contributed by atoms with E-state index in [1.165, 1.54) is 11.2 Å². The zero-order valence-electron chi connectivity index (χ0n) is 18.5. The van der Waals surface area contributed by atoms with Crippen molar-refractivity contribution in [2.24, 2.45) is 11.8 Å². The maximum atomic E-state index is 13.9. The van der Waals surface area contributed by atoms with Gasteiger partial charge in [-0.05, 0) is 41.5 Å². The van der Waals surface area contributed by atoms with Crippen LogP contribution in [0.25, 0.3) is 6.08 Å². The molecule has 0 aliphatic carbocycles. The fraction of sp³-hybridized carbons (Fsp3) is 0.222. The van der Waals surface area contributed by atoms with E-state index in [4.69, 9.17) is 13.9 Å². The zero-order chi connectivity index (χ0) is 23.7. The molecule has 0 spiro atoms. The van der Waals surface area contributed by atoms with Crippen LogP contribution < -0.4 is 14.4 Å². The van der Waals surface area contributed by atoms with Crippen LogP contribution in [0.4, 0.5) is 5.69 Å². The van der Waals surface area contributed by atoms with Crippen molar-refractivity contribution in [3.05, 3.63) is 83.9 Å². The molecule has 174 valence electrons. The number of benzene rings is 2. The maximum absolute atomic E-state index is 13.9. The fourth-order valence-corrected chi connectivity index (χ4v) is 5.85. The Labute approximate surface area is 200 Å². The van der Waals surface area contributed by atoms with Crippen molar-refractivity contribution in [1.29, 1.82) is 0 Å². The number of anilines is 1. The van der Waals surface area contributed by atoms with Crippen molar-refractivity contribution in [1.82, 2.24) is 4.90 Å². The van der Waals surface area contributed by atoms with Gasteiger partial charge in [0.15, 0.2) is 17.3 Å². The summed E-state index contributed by atoms with van der Waals surface area (Å²) in [6, 6.07) is 14.7. The van der Waals surface area contributed by atoms with Gasteiger partial charge in [0.1, 0.15) is 19.3 Å². The molecule has 8 heteroatoms. The molecule has 35 heavy (non-hydrogen) atoms. The molecule has 7 rings (SSSR count). The first kappa shape index (κ1) is 20.1. The third-order valence-electron chi connectivity index (χ3n) is 7.28. The number of carbonyl (C=O) groups is 3. The van der Waals surface area contributed by atoms with Gasteiger partial charge in [-0.25, -0.2) is 4.90 Å². The van der Waals surface area contributed by atoms with Crippen LogP contribution in [-0.4, -0.2) is 41.8 Å². The molecule has 4 aliphatic heterocycles. The van der Waals surface area contributed by atoms with E-state index >= 15 is 0 Å². The minimum Gasteiger partial charge on any atom is -0.486 e. The lowest BCUT2D eigenvalue weighted by Crippen LogP contribution is -2.44. The molecular weight excluding hydrogens is 448 g/mol. The van der Waals surface area contributed by atoms with E-state index in [2.05, 4.69) is 0 Å². The van der Waals surface area contributed by atoms with Gasteiger partial charge in [0, 0.05) is 12.3 Å². The second-order valence-electron chi connectivity index (χ2n) is 9.01. The molecule has 3 aromatic rings. The Balaban J connectivity index is 1.35. The predicted octanol–water partition coefficient (Wildman–Crippen LogP) is 3.45. The number of amides is 2. The Morgan fingerprint density at radius 1 is 0.886 bits per heavy atom. The summed E-state index contributed by atoms with van der Waals surface area (Å²) in [5.74, 6) is -1.39. The highest BCUT2D eigenvalue weighted by Crippen LogP contribution is 2.54. The number of Topliss-reactive ketones (excluding diaryl/α,β-unsaturated/α-hetero) is 1. The molecule has 2 fully saturated rings. The number of fused-ring (bicyclic) bond motifs is 6. The number of rotatable bonds is 3. The Morgan fingerprint density at radius 3 is 2.51 bits per heavy atom. The highest BCUT2D eigenvalue weighted by molar-refractivity contribution is 6.24. The normalized spacial score (nSPS) is 25.9. The van der Waals surface area contributed by atoms with E-state index in [1.54, 1.807) is 30.3 Å². The lowest BCUT2D eigenvalue weighted by atomic mass is 9.84. The highest BCUT2D eigenvalue weighted by Gasteiger charge is 2.64. The number of hydrogen-bond donors (Lipinski definition) is 0. The topological polar surface area (TPSA) is 89.3 Å². The largest absolute Gasteiger partial charge is 0.486 e. The maximum Gasteiger partial charge on any atom is 0.240 e. The lowest BCUT2D eigenvalue weighted by Gasteiger charge is -2.35. The number of hydrogen-bond acceptors (Lipinski definition) is 7. The van der Waals surface area contributed by atoms with Crippen LogP contribution in [0.2, 0.25) is 0 Å². The van der Waals surface area contributed by atoms with Crippen LogP contribution in [0, 0.1) is 11.8 Å². The molecule has 0 unspecified atom stereocenters. The predicted molar refractivity (Wildman–Crippen MR) is 124 cm³/mol. The number of furan rings is 1. The summed E-state index contributed by atoms with van der Waals surface area (Å²) in [6.45, 7) is 0.836. The summed E-state index contributed by atoms with van der Waals surface area (Å²) in [5, 5.41) is 0. The van der Waals surface area contributed by atoms with Crippen molar-refractivity contribution in [3.8, 4) is 11.5 Å². The molecule has 0 bridgehead atoms. The summed E-state index contributed by atoms with van der Waals surface area (Å²) < 4.78 is 16.7. The van der Waals surface area contributed by atoms with Crippen LogP contribution in [0.3, 0.4) is 0 Å². The molecule has 8 nitrogen and oxygen atoms in total. The van der Waals surface area contributed by atoms with Gasteiger partial charge in [0.05, 0.1) is 29.8 Å². The Bertz CT molecular complexity index is 1410. The van der Waals surface area contributed by atoms with Crippen molar-refractivity contribution in [2.75, 3.05) is 18.1 Å². The first-order valence-electron chi connectivity index (χ1n) is 11.5. The van der Waals surface area contributed by atoms with Crippen LogP contribution >= 0.6 is 0 Å². The average Bonchev–Trinajstić information content (AvgIpc) is 3.60. The van der Waals surface area contributed by atoms with Crippen LogP contribution in [0.1, 0.15) is 27.7 Å². The number of nitrogens with zero attached hydrogens (tertiary/aromatic N) is 2. The number of ketones is 1. The number of imide groups is 1. The van der Waals surface area contributed by atoms with Gasteiger partial charge in [-0.15, -0.1) is 0 Å². The van der Waals surface area contributed by atoms with Gasteiger partial charge in [-0.1, -0.05) is 24.3 Å². The summed E-state index contributed by atoms with van der Waals surface area (Å²) in [7, 11) is 0. The molecule has 4 atom stereocenters. The lowest BCUT2D eigenvalue weighted by molar-refractivity contribution is -0.123. The van der Waals surface area contributed by atoms with Crippen molar-refractivity contribution >= 4 is 29.4 Å². The van der Waals surface area contributed by atoms with E-state index in [0.717, 1.165) is 11.1 Å². The number of carbonyl (C=O) groups excluding carboxylic acids is 3. The quantitative estimate of drug-likeness (QED) is 0.430. The Kier molecular flexibility index (Phi) is 4.21. The minimum absolute atomic E-state index is 0.166. The molecule has 4 aliphatic rings. The Hall–Kier alpha value is -4.33. The fourth-order valence-electron chi connectivity index (χ4n) is 5.85. The second kappa shape index (κ2) is 7.33. The van der Waals surface area contributed by atoms with Gasteiger partial charge < -0.3 is 18.8 Å². The smallest absolute Gasteiger partial charge is 0.240 e. The standard InChI is InChI=1S/C27H20N2O6/c30-25(19-6-3-11-33-19)24-22-21(23-17-5-2-1-4-15(17)9-10-28(23)24)26(31)29(27(22)32)16-7-8-18-20(14-16)35-13-12-34-18/h1-11,14,21-24H,12-13H2/t21-,22-,23+,24+/m1/s1. The summed E-state index contributed by atoms with van der Waals surface area (Å²) in [4.78, 5) is 44.5. The first-order valence-corrected chi connectivity index (χ1v) is 11.5. The summed E-state index contributed by atoms with van der Waals surface area (Å²) in [5.41, 5.74) is 2.30. The average molecular weight is 468 g/mol. The van der Waals surface area contributed by atoms with Crippen molar-refractivity contribution < 1.29 is 28.3 Å². The molecular formula is C27H20N2O6. The van der Waals surface area contributed by atoms with E-state index in [-0.39, 0.29) is 17.5 Å². The molecule has 1 aromatic heterocycles. The van der Waals surface area contributed by atoms with Gasteiger partial charge in [-0.2, -0.15) is 0 Å². The highest BCUT2D eigenvalue weighted by atomic mass is 16.6. The summed E-state index contributed by atoms with van der Waals surface area (Å²) in [6.07, 6.45) is 5.18. The van der Waals surface area contributed by atoms with Gasteiger partial charge in [0.2, 0.25) is 17.6 Å². The molecule has 0 saturated carbocycles. The van der Waals surface area contributed by atoms with E-state index in [9.17, 15) is 14.4 Å². The molecule has 5 heterocycles. The third kappa shape index (κ3) is 2.76. The Morgan fingerprint density at radius 2 is 1.69 bits per heavy atom. The summed E-state index contributed by atoms with van der Waals surface area (Å²) >= 11 is 0. The van der Waals surface area contributed by atoms with Gasteiger partial charge in [-0.3, -0.25) is 14.4 Å².